The molecule has 0 aliphatic heterocycles. The topological polar surface area (TPSA) is 72.8 Å². The Morgan fingerprint density at radius 2 is 1.83 bits per heavy atom. The van der Waals surface area contributed by atoms with Gasteiger partial charge >= 0.3 is 11.9 Å². The monoisotopic (exact) mass is 258 g/mol. The predicted molar refractivity (Wildman–Crippen MR) is 68.6 cm³/mol. The Labute approximate surface area is 108 Å². The summed E-state index contributed by atoms with van der Waals surface area (Å²) in [4.78, 5) is 20.8. The van der Waals surface area contributed by atoms with Gasteiger partial charge in [-0.1, -0.05) is 27.0 Å². The van der Waals surface area contributed by atoms with Gasteiger partial charge in [0.2, 0.25) is 0 Å². The Morgan fingerprint density at radius 1 is 1.33 bits per heavy atom. The summed E-state index contributed by atoms with van der Waals surface area (Å²) in [7, 11) is 0. The van der Waals surface area contributed by atoms with E-state index in [0.717, 1.165) is 0 Å². The van der Waals surface area contributed by atoms with Crippen LogP contribution in [0.4, 0.5) is 0 Å². The van der Waals surface area contributed by atoms with Crippen LogP contribution in [0.1, 0.15) is 27.7 Å². The maximum atomic E-state index is 10.5. The van der Waals surface area contributed by atoms with Crippen molar-refractivity contribution in [3.63, 3.8) is 0 Å². The molecular formula is C13H22O5. The fourth-order valence-corrected chi connectivity index (χ4v) is 0.563. The van der Waals surface area contributed by atoms with E-state index in [1.54, 1.807) is 0 Å². The third kappa shape index (κ3) is 14.4. The highest BCUT2D eigenvalue weighted by Gasteiger charge is 2.04. The maximum Gasteiger partial charge on any atom is 0.335 e. The predicted octanol–water partition coefficient (Wildman–Crippen LogP) is 1.82. The van der Waals surface area contributed by atoms with Gasteiger partial charge in [-0.3, -0.25) is 0 Å². The van der Waals surface area contributed by atoms with Gasteiger partial charge < -0.3 is 14.6 Å². The van der Waals surface area contributed by atoms with Crippen LogP contribution in [-0.4, -0.2) is 29.9 Å². The third-order valence-electron chi connectivity index (χ3n) is 1.35. The molecule has 0 saturated heterocycles. The van der Waals surface area contributed by atoms with Crippen molar-refractivity contribution in [2.75, 3.05) is 6.61 Å². The van der Waals surface area contributed by atoms with Crippen molar-refractivity contribution in [3.8, 4) is 0 Å². The Hall–Kier alpha value is -1.62. The standard InChI is InChI=1S/C7H12O2.C6H10O3/c1-4-7(8)9-5-6(2)3;1-4(2)6(8)9-5(3)7/h4,6H,1,5H2,2-3H3;5,7H,1H2,2-3H3. The van der Waals surface area contributed by atoms with Gasteiger partial charge in [-0.2, -0.15) is 0 Å². The highest BCUT2D eigenvalue weighted by atomic mass is 16.6. The lowest BCUT2D eigenvalue weighted by atomic mass is 10.2. The van der Waals surface area contributed by atoms with Gasteiger partial charge in [0, 0.05) is 11.6 Å². The molecule has 1 unspecified atom stereocenters. The normalized spacial score (nSPS) is 10.8. The summed E-state index contributed by atoms with van der Waals surface area (Å²) in [5.41, 5.74) is 0.288. The summed E-state index contributed by atoms with van der Waals surface area (Å²) in [5.74, 6) is -0.511. The number of esters is 2. The quantitative estimate of drug-likeness (QED) is 0.462. The van der Waals surface area contributed by atoms with Crippen LogP contribution in [0.15, 0.2) is 24.8 Å². The van der Waals surface area contributed by atoms with E-state index in [0.29, 0.717) is 12.5 Å². The van der Waals surface area contributed by atoms with Crippen LogP contribution in [0.25, 0.3) is 0 Å². The van der Waals surface area contributed by atoms with Crippen LogP contribution in [0.3, 0.4) is 0 Å². The molecule has 0 bridgehead atoms. The lowest BCUT2D eigenvalue weighted by molar-refractivity contribution is -0.159. The van der Waals surface area contributed by atoms with Crippen molar-refractivity contribution in [1.82, 2.24) is 0 Å². The Morgan fingerprint density at radius 3 is 2.06 bits per heavy atom. The zero-order chi connectivity index (χ0) is 14.7. The molecule has 0 aromatic heterocycles. The minimum absolute atomic E-state index is 0.288. The first-order valence-electron chi connectivity index (χ1n) is 5.54. The molecule has 0 aromatic carbocycles. The molecule has 5 nitrogen and oxygen atoms in total. The smallest absolute Gasteiger partial charge is 0.335 e. The molecule has 0 heterocycles. The van der Waals surface area contributed by atoms with E-state index < -0.39 is 12.3 Å². The summed E-state index contributed by atoms with van der Waals surface area (Å²) in [6.07, 6.45) is 0.122. The van der Waals surface area contributed by atoms with E-state index >= 15 is 0 Å². The molecule has 0 aromatic rings. The number of hydrogen-bond donors (Lipinski definition) is 1. The lowest BCUT2D eigenvalue weighted by Crippen LogP contribution is -2.13. The second kappa shape index (κ2) is 10.5. The number of rotatable bonds is 5. The maximum absolute atomic E-state index is 10.5. The molecule has 0 rings (SSSR count). The largest absolute Gasteiger partial charge is 0.462 e. The van der Waals surface area contributed by atoms with E-state index in [1.807, 2.05) is 13.8 Å². The molecule has 1 N–H and O–H groups in total. The van der Waals surface area contributed by atoms with Crippen molar-refractivity contribution in [2.45, 2.75) is 34.0 Å². The van der Waals surface area contributed by atoms with Gasteiger partial charge in [-0.25, -0.2) is 9.59 Å². The van der Waals surface area contributed by atoms with Gasteiger partial charge in [-0.05, 0) is 19.8 Å². The van der Waals surface area contributed by atoms with Crippen molar-refractivity contribution < 1.29 is 24.2 Å². The number of aliphatic hydroxyl groups is 1. The highest BCUT2D eigenvalue weighted by molar-refractivity contribution is 5.86. The SMILES string of the molecule is C=C(C)C(=O)OC(C)O.C=CC(=O)OCC(C)C. The Balaban J connectivity index is 0. The number of carbonyl (C=O) groups excluding carboxylic acids is 2. The van der Waals surface area contributed by atoms with Crippen LogP contribution < -0.4 is 0 Å². The number of carbonyl (C=O) groups is 2. The highest BCUT2D eigenvalue weighted by Crippen LogP contribution is 1.94. The van der Waals surface area contributed by atoms with Gasteiger partial charge in [0.05, 0.1) is 6.61 Å². The van der Waals surface area contributed by atoms with Crippen LogP contribution >= 0.6 is 0 Å². The molecule has 0 radical (unpaired) electrons. The number of aliphatic hydroxyl groups excluding tert-OH is 1. The average Bonchev–Trinajstić information content (AvgIpc) is 2.25. The average molecular weight is 258 g/mol. The summed E-state index contributed by atoms with van der Waals surface area (Å²) >= 11 is 0. The van der Waals surface area contributed by atoms with E-state index in [9.17, 15) is 9.59 Å². The number of ether oxygens (including phenoxy) is 2. The van der Waals surface area contributed by atoms with E-state index in [2.05, 4.69) is 17.9 Å². The summed E-state index contributed by atoms with van der Waals surface area (Å²) < 4.78 is 9.02. The fraction of sp³-hybridized carbons (Fsp3) is 0.538. The van der Waals surface area contributed by atoms with E-state index in [-0.39, 0.29) is 11.5 Å². The molecule has 18 heavy (non-hydrogen) atoms. The second-order valence-electron chi connectivity index (χ2n) is 4.01. The molecule has 0 fully saturated rings. The molecule has 0 aliphatic carbocycles. The molecule has 5 heteroatoms. The zero-order valence-electron chi connectivity index (χ0n) is 11.4. The summed E-state index contributed by atoms with van der Waals surface area (Å²) in [5, 5.41) is 8.49. The van der Waals surface area contributed by atoms with E-state index in [4.69, 9.17) is 9.84 Å². The Kier molecular flexibility index (Phi) is 11.0. The third-order valence-corrected chi connectivity index (χ3v) is 1.35. The van der Waals surface area contributed by atoms with Gasteiger partial charge in [0.25, 0.3) is 0 Å². The van der Waals surface area contributed by atoms with E-state index in [1.165, 1.54) is 19.9 Å². The van der Waals surface area contributed by atoms with Crippen LogP contribution in [0.2, 0.25) is 0 Å². The molecule has 0 amide bonds. The molecule has 0 saturated carbocycles. The number of hydrogen-bond acceptors (Lipinski definition) is 5. The first-order valence-corrected chi connectivity index (χ1v) is 5.54. The second-order valence-corrected chi connectivity index (χ2v) is 4.01. The summed E-state index contributed by atoms with van der Waals surface area (Å²) in [6.45, 7) is 13.9. The molecule has 0 spiro atoms. The van der Waals surface area contributed by atoms with Crippen molar-refractivity contribution in [2.24, 2.45) is 5.92 Å². The molecule has 104 valence electrons. The van der Waals surface area contributed by atoms with Crippen molar-refractivity contribution in [1.29, 1.82) is 0 Å². The van der Waals surface area contributed by atoms with Gasteiger partial charge in [0.15, 0.2) is 6.29 Å². The molecule has 0 aliphatic rings. The zero-order valence-corrected chi connectivity index (χ0v) is 11.4. The minimum atomic E-state index is -1.05. The first-order chi connectivity index (χ1) is 8.20. The van der Waals surface area contributed by atoms with Crippen molar-refractivity contribution in [3.05, 3.63) is 24.8 Å². The lowest BCUT2D eigenvalue weighted by Gasteiger charge is -2.04. The fourth-order valence-electron chi connectivity index (χ4n) is 0.563. The Bertz CT molecular complexity index is 290. The van der Waals surface area contributed by atoms with Crippen LogP contribution in [0.5, 0.6) is 0 Å². The van der Waals surface area contributed by atoms with Crippen LogP contribution in [-0.2, 0) is 19.1 Å². The van der Waals surface area contributed by atoms with Gasteiger partial charge in [-0.15, -0.1) is 0 Å². The minimum Gasteiger partial charge on any atom is -0.462 e. The molecular weight excluding hydrogens is 236 g/mol. The van der Waals surface area contributed by atoms with Gasteiger partial charge in [0.1, 0.15) is 0 Å². The van der Waals surface area contributed by atoms with Crippen molar-refractivity contribution >= 4 is 11.9 Å². The van der Waals surface area contributed by atoms with Crippen LogP contribution in [0, 0.1) is 5.92 Å². The summed E-state index contributed by atoms with van der Waals surface area (Å²) in [6, 6.07) is 0. The molecule has 1 atom stereocenters. The first kappa shape index (κ1) is 18.7.